The van der Waals surface area contributed by atoms with Gasteiger partial charge in [-0.1, -0.05) is 12.1 Å². The average Bonchev–Trinajstić information content (AvgIpc) is 2.84. The summed E-state index contributed by atoms with van der Waals surface area (Å²) in [7, 11) is -3.65. The molecular weight excluding hydrogens is 442 g/mol. The number of anilines is 2. The zero-order valence-corrected chi connectivity index (χ0v) is 18.7. The van der Waals surface area contributed by atoms with E-state index in [2.05, 4.69) is 15.6 Å². The van der Waals surface area contributed by atoms with Gasteiger partial charge in [-0.05, 0) is 48.0 Å². The second-order valence-electron chi connectivity index (χ2n) is 7.60. The Labute approximate surface area is 192 Å². The number of aromatic hydroxyl groups is 1. The summed E-state index contributed by atoms with van der Waals surface area (Å²) >= 11 is 0. The Hall–Kier alpha value is -3.63. The Morgan fingerprint density at radius 2 is 1.76 bits per heavy atom. The highest BCUT2D eigenvalue weighted by Gasteiger charge is 2.28. The fourth-order valence-electron chi connectivity index (χ4n) is 3.60. The molecule has 3 N–H and O–H groups in total. The second-order valence-corrected chi connectivity index (χ2v) is 9.54. The van der Waals surface area contributed by atoms with Crippen LogP contribution in [-0.2, 0) is 16.6 Å². The zero-order chi connectivity index (χ0) is 23.3. The number of nitrogens with one attached hydrogen (secondary N) is 2. The maximum Gasteiger partial charge on any atom is 0.319 e. The van der Waals surface area contributed by atoms with Crippen LogP contribution in [0, 0.1) is 0 Å². The van der Waals surface area contributed by atoms with Crippen LogP contribution in [-0.4, -0.2) is 55.0 Å². The van der Waals surface area contributed by atoms with Crippen molar-refractivity contribution >= 4 is 27.4 Å². The maximum atomic E-state index is 13.0. The van der Waals surface area contributed by atoms with Gasteiger partial charge in [0, 0.05) is 62.6 Å². The Morgan fingerprint density at radius 1 is 1.00 bits per heavy atom. The molecule has 2 amide bonds. The zero-order valence-electron chi connectivity index (χ0n) is 17.9. The molecule has 0 unspecified atom stereocenters. The van der Waals surface area contributed by atoms with Gasteiger partial charge < -0.3 is 20.6 Å². The standard InChI is InChI=1S/C23H25N5O4S/c29-21-5-1-4-20(15-21)27-11-13-28(14-12-27)33(31,32)22-8-6-19(7-9-22)26-23(30)25-17-18-3-2-10-24-16-18/h1-10,15-16,29H,11-14,17H2,(H2,25,26,30). The molecule has 9 nitrogen and oxygen atoms in total. The van der Waals surface area contributed by atoms with Crippen LogP contribution in [0.5, 0.6) is 5.75 Å². The van der Waals surface area contributed by atoms with Crippen LogP contribution in [0.15, 0.2) is 78.0 Å². The van der Waals surface area contributed by atoms with Crippen molar-refractivity contribution in [3.05, 3.63) is 78.6 Å². The largest absolute Gasteiger partial charge is 0.508 e. The average molecular weight is 468 g/mol. The van der Waals surface area contributed by atoms with Crippen molar-refractivity contribution in [3.8, 4) is 5.75 Å². The van der Waals surface area contributed by atoms with E-state index in [1.54, 1.807) is 48.8 Å². The topological polar surface area (TPSA) is 115 Å². The summed E-state index contributed by atoms with van der Waals surface area (Å²) in [4.78, 5) is 18.3. The first-order valence-electron chi connectivity index (χ1n) is 10.5. The van der Waals surface area contributed by atoms with E-state index in [-0.39, 0.29) is 10.6 Å². The molecule has 0 radical (unpaired) electrons. The molecule has 1 aromatic heterocycles. The van der Waals surface area contributed by atoms with E-state index >= 15 is 0 Å². The van der Waals surface area contributed by atoms with E-state index in [0.29, 0.717) is 38.4 Å². The summed E-state index contributed by atoms with van der Waals surface area (Å²) in [6, 6.07) is 16.3. The molecule has 1 saturated heterocycles. The van der Waals surface area contributed by atoms with Gasteiger partial charge in [0.15, 0.2) is 0 Å². The molecule has 2 aromatic carbocycles. The molecule has 0 atom stereocenters. The van der Waals surface area contributed by atoms with Gasteiger partial charge in [-0.2, -0.15) is 4.31 Å². The van der Waals surface area contributed by atoms with Gasteiger partial charge in [-0.15, -0.1) is 0 Å². The number of rotatable bonds is 6. The number of urea groups is 1. The number of sulfonamides is 1. The minimum absolute atomic E-state index is 0.176. The number of benzene rings is 2. The Balaban J connectivity index is 1.32. The SMILES string of the molecule is O=C(NCc1cccnc1)Nc1ccc(S(=O)(=O)N2CCN(c3cccc(O)c3)CC2)cc1. The van der Waals surface area contributed by atoms with Crippen LogP contribution in [0.3, 0.4) is 0 Å². The summed E-state index contributed by atoms with van der Waals surface area (Å²) in [6.07, 6.45) is 3.33. The van der Waals surface area contributed by atoms with Crippen molar-refractivity contribution in [2.45, 2.75) is 11.4 Å². The number of piperazine rings is 1. The third-order valence-corrected chi connectivity index (χ3v) is 7.27. The van der Waals surface area contributed by atoms with E-state index in [1.165, 1.54) is 16.4 Å². The van der Waals surface area contributed by atoms with Gasteiger partial charge in [0.05, 0.1) is 4.90 Å². The van der Waals surface area contributed by atoms with Crippen molar-refractivity contribution < 1.29 is 18.3 Å². The van der Waals surface area contributed by atoms with Gasteiger partial charge in [0.25, 0.3) is 0 Å². The van der Waals surface area contributed by atoms with Gasteiger partial charge in [0.1, 0.15) is 5.75 Å². The quantitative estimate of drug-likeness (QED) is 0.513. The van der Waals surface area contributed by atoms with Gasteiger partial charge in [0.2, 0.25) is 10.0 Å². The fraction of sp³-hybridized carbons (Fsp3) is 0.217. The van der Waals surface area contributed by atoms with Gasteiger partial charge >= 0.3 is 6.03 Å². The summed E-state index contributed by atoms with van der Waals surface area (Å²) in [5, 5.41) is 15.1. The number of carbonyl (C=O) groups is 1. The highest BCUT2D eigenvalue weighted by Crippen LogP contribution is 2.24. The molecule has 0 saturated carbocycles. The number of nitrogens with zero attached hydrogens (tertiary/aromatic N) is 3. The van der Waals surface area contributed by atoms with E-state index < -0.39 is 16.1 Å². The van der Waals surface area contributed by atoms with Crippen molar-refractivity contribution in [2.75, 3.05) is 36.4 Å². The third kappa shape index (κ3) is 5.60. The van der Waals surface area contributed by atoms with E-state index in [0.717, 1.165) is 11.3 Å². The molecule has 1 fully saturated rings. The lowest BCUT2D eigenvalue weighted by molar-refractivity contribution is 0.251. The Kier molecular flexibility index (Phi) is 6.76. The van der Waals surface area contributed by atoms with Crippen LogP contribution >= 0.6 is 0 Å². The minimum Gasteiger partial charge on any atom is -0.508 e. The molecular formula is C23H25N5O4S. The predicted octanol–water partition coefficient (Wildman–Crippen LogP) is 2.62. The molecule has 172 valence electrons. The fourth-order valence-corrected chi connectivity index (χ4v) is 5.02. The molecule has 1 aliphatic rings. The van der Waals surface area contributed by atoms with Crippen molar-refractivity contribution in [3.63, 3.8) is 0 Å². The Morgan fingerprint density at radius 3 is 2.42 bits per heavy atom. The lowest BCUT2D eigenvalue weighted by Gasteiger charge is -2.35. The van der Waals surface area contributed by atoms with Crippen LogP contribution < -0.4 is 15.5 Å². The van der Waals surface area contributed by atoms with Crippen molar-refractivity contribution in [1.82, 2.24) is 14.6 Å². The molecule has 0 spiro atoms. The number of hydrogen-bond acceptors (Lipinski definition) is 6. The number of amides is 2. The number of pyridine rings is 1. The summed E-state index contributed by atoms with van der Waals surface area (Å²) in [5.41, 5.74) is 2.23. The minimum atomic E-state index is -3.65. The molecule has 2 heterocycles. The first kappa shape index (κ1) is 22.6. The first-order valence-corrected chi connectivity index (χ1v) is 11.9. The van der Waals surface area contributed by atoms with E-state index in [9.17, 15) is 18.3 Å². The van der Waals surface area contributed by atoms with Crippen LogP contribution in [0.1, 0.15) is 5.56 Å². The second kappa shape index (κ2) is 9.88. The highest BCUT2D eigenvalue weighted by molar-refractivity contribution is 7.89. The van der Waals surface area contributed by atoms with Crippen molar-refractivity contribution in [1.29, 1.82) is 0 Å². The number of hydrogen-bond donors (Lipinski definition) is 3. The predicted molar refractivity (Wildman–Crippen MR) is 126 cm³/mol. The number of carbonyl (C=O) groups excluding carboxylic acids is 1. The number of phenols is 1. The number of phenolic OH excluding ortho intramolecular Hbond substituents is 1. The van der Waals surface area contributed by atoms with E-state index in [4.69, 9.17) is 0 Å². The number of aromatic nitrogens is 1. The molecule has 4 rings (SSSR count). The first-order chi connectivity index (χ1) is 15.9. The van der Waals surface area contributed by atoms with E-state index in [1.807, 2.05) is 17.0 Å². The normalized spacial score (nSPS) is 14.6. The van der Waals surface area contributed by atoms with Crippen LogP contribution in [0.2, 0.25) is 0 Å². The van der Waals surface area contributed by atoms with Crippen LogP contribution in [0.25, 0.3) is 0 Å². The lowest BCUT2D eigenvalue weighted by atomic mass is 10.2. The molecule has 0 bridgehead atoms. The molecule has 1 aliphatic heterocycles. The molecule has 10 heteroatoms. The lowest BCUT2D eigenvalue weighted by Crippen LogP contribution is -2.48. The van der Waals surface area contributed by atoms with Gasteiger partial charge in [-0.3, -0.25) is 4.98 Å². The van der Waals surface area contributed by atoms with Gasteiger partial charge in [-0.25, -0.2) is 13.2 Å². The Bertz CT molecular complexity index is 1200. The molecule has 3 aromatic rings. The summed E-state index contributed by atoms with van der Waals surface area (Å²) < 4.78 is 27.5. The van der Waals surface area contributed by atoms with Crippen molar-refractivity contribution in [2.24, 2.45) is 0 Å². The maximum absolute atomic E-state index is 13.0. The van der Waals surface area contributed by atoms with Crippen LogP contribution in [0.4, 0.5) is 16.2 Å². The summed E-state index contributed by atoms with van der Waals surface area (Å²) in [5.74, 6) is 0.182. The highest BCUT2D eigenvalue weighted by atomic mass is 32.2. The molecule has 33 heavy (non-hydrogen) atoms. The smallest absolute Gasteiger partial charge is 0.319 e. The summed E-state index contributed by atoms with van der Waals surface area (Å²) in [6.45, 7) is 2.07. The molecule has 0 aliphatic carbocycles. The monoisotopic (exact) mass is 467 g/mol. The third-order valence-electron chi connectivity index (χ3n) is 5.36.